The largest absolute Gasteiger partial charge is 0.497 e. The van der Waals surface area contributed by atoms with Crippen molar-refractivity contribution in [2.45, 2.75) is 20.3 Å². The fourth-order valence-corrected chi connectivity index (χ4v) is 2.27. The number of hydrazone groups is 1. The Kier molecular flexibility index (Phi) is 7.27. The lowest BCUT2D eigenvalue weighted by Gasteiger charge is -2.07. The molecule has 8 heteroatoms. The van der Waals surface area contributed by atoms with Crippen molar-refractivity contribution in [3.63, 3.8) is 0 Å². The molecule has 0 heterocycles. The molecule has 0 aliphatic rings. The van der Waals surface area contributed by atoms with Crippen LogP contribution in [0.4, 0.5) is 11.4 Å². The molecule has 0 fully saturated rings. The standard InChI is InChI=1S/C20H22N4O4/c1-13(23-24-20(27)15-4-10-18(28-3)11-5-15)12-19(26)22-17-8-6-16(7-9-17)21-14(2)25/h4-11H,12H2,1-3H3,(H,21,25)(H,22,26)(H,24,27)/b23-13-. The zero-order valence-corrected chi connectivity index (χ0v) is 15.9. The maximum Gasteiger partial charge on any atom is 0.271 e. The van der Waals surface area contributed by atoms with E-state index in [9.17, 15) is 14.4 Å². The third kappa shape index (κ3) is 6.56. The zero-order chi connectivity index (χ0) is 20.5. The summed E-state index contributed by atoms with van der Waals surface area (Å²) in [7, 11) is 1.55. The third-order valence-electron chi connectivity index (χ3n) is 3.61. The minimum atomic E-state index is -0.379. The number of nitrogens with one attached hydrogen (secondary N) is 3. The van der Waals surface area contributed by atoms with Crippen LogP contribution in [-0.4, -0.2) is 30.5 Å². The van der Waals surface area contributed by atoms with Crippen LogP contribution in [0.15, 0.2) is 53.6 Å². The van der Waals surface area contributed by atoms with Crippen LogP contribution in [0.5, 0.6) is 5.75 Å². The summed E-state index contributed by atoms with van der Waals surface area (Å²) < 4.78 is 5.04. The monoisotopic (exact) mass is 382 g/mol. The first kappa shape index (κ1) is 20.6. The first-order chi connectivity index (χ1) is 13.4. The molecule has 0 aliphatic heterocycles. The number of carbonyl (C=O) groups is 3. The Morgan fingerprint density at radius 1 is 0.893 bits per heavy atom. The van der Waals surface area contributed by atoms with Gasteiger partial charge in [-0.3, -0.25) is 14.4 Å². The highest BCUT2D eigenvalue weighted by Gasteiger charge is 2.08. The molecule has 3 N–H and O–H groups in total. The van der Waals surface area contributed by atoms with Gasteiger partial charge in [0.05, 0.1) is 13.5 Å². The lowest BCUT2D eigenvalue weighted by Crippen LogP contribution is -2.21. The Balaban J connectivity index is 1.85. The van der Waals surface area contributed by atoms with Gasteiger partial charge in [0.15, 0.2) is 0 Å². The number of methoxy groups -OCH3 is 1. The molecule has 0 spiro atoms. The van der Waals surface area contributed by atoms with Gasteiger partial charge in [0, 0.05) is 29.6 Å². The predicted molar refractivity (Wildman–Crippen MR) is 108 cm³/mol. The summed E-state index contributed by atoms with van der Waals surface area (Å²) in [5, 5.41) is 9.32. The Bertz CT molecular complexity index is 874. The maximum atomic E-state index is 12.1. The molecule has 3 amide bonds. The second-order valence-corrected chi connectivity index (χ2v) is 6.00. The Morgan fingerprint density at radius 3 is 2.00 bits per heavy atom. The lowest BCUT2D eigenvalue weighted by atomic mass is 10.2. The molecule has 0 saturated carbocycles. The van der Waals surface area contributed by atoms with E-state index in [1.54, 1.807) is 62.6 Å². The normalized spacial score (nSPS) is 10.8. The minimum Gasteiger partial charge on any atom is -0.497 e. The van der Waals surface area contributed by atoms with E-state index in [4.69, 9.17) is 4.74 Å². The summed E-state index contributed by atoms with van der Waals surface area (Å²) in [4.78, 5) is 35.1. The van der Waals surface area contributed by atoms with Crippen molar-refractivity contribution in [3.8, 4) is 5.75 Å². The first-order valence-corrected chi connectivity index (χ1v) is 8.52. The van der Waals surface area contributed by atoms with Crippen molar-refractivity contribution in [1.82, 2.24) is 5.43 Å². The van der Waals surface area contributed by atoms with Gasteiger partial charge in [-0.15, -0.1) is 0 Å². The molecule has 2 rings (SSSR count). The molecule has 146 valence electrons. The third-order valence-corrected chi connectivity index (χ3v) is 3.61. The van der Waals surface area contributed by atoms with E-state index in [2.05, 4.69) is 21.2 Å². The number of ether oxygens (including phenoxy) is 1. The lowest BCUT2D eigenvalue weighted by molar-refractivity contribution is -0.115. The summed E-state index contributed by atoms with van der Waals surface area (Å²) in [6, 6.07) is 13.3. The quantitative estimate of drug-likeness (QED) is 0.505. The Hall–Kier alpha value is -3.68. The number of rotatable bonds is 7. The van der Waals surface area contributed by atoms with Crippen molar-refractivity contribution >= 4 is 34.8 Å². The number of benzene rings is 2. The van der Waals surface area contributed by atoms with Crippen LogP contribution in [0.25, 0.3) is 0 Å². The number of hydrogen-bond donors (Lipinski definition) is 3. The SMILES string of the molecule is COc1ccc(C(=O)N/N=C(/C)CC(=O)Nc2ccc(NC(C)=O)cc2)cc1. The van der Waals surface area contributed by atoms with Crippen molar-refractivity contribution in [3.05, 3.63) is 54.1 Å². The summed E-state index contributed by atoms with van der Waals surface area (Å²) in [6.45, 7) is 3.07. The van der Waals surface area contributed by atoms with Crippen molar-refractivity contribution < 1.29 is 19.1 Å². The molecule has 0 bridgehead atoms. The Labute approximate surface area is 163 Å². The summed E-state index contributed by atoms with van der Waals surface area (Å²) in [6.07, 6.45) is 0.0241. The van der Waals surface area contributed by atoms with Gasteiger partial charge < -0.3 is 15.4 Å². The maximum absolute atomic E-state index is 12.1. The molecule has 0 aromatic heterocycles. The van der Waals surface area contributed by atoms with Crippen molar-refractivity contribution in [2.75, 3.05) is 17.7 Å². The second kappa shape index (κ2) is 9.86. The van der Waals surface area contributed by atoms with Crippen LogP contribution in [0.3, 0.4) is 0 Å². The van der Waals surface area contributed by atoms with Crippen molar-refractivity contribution in [2.24, 2.45) is 5.10 Å². The molecule has 0 aliphatic carbocycles. The topological polar surface area (TPSA) is 109 Å². The fourth-order valence-electron chi connectivity index (χ4n) is 2.27. The summed E-state index contributed by atoms with van der Waals surface area (Å²) in [5.41, 5.74) is 4.54. The van der Waals surface area contributed by atoms with Gasteiger partial charge in [-0.2, -0.15) is 5.10 Å². The number of amides is 3. The van der Waals surface area contributed by atoms with Gasteiger partial charge in [0.25, 0.3) is 5.91 Å². The first-order valence-electron chi connectivity index (χ1n) is 8.52. The van der Waals surface area contributed by atoms with Gasteiger partial charge >= 0.3 is 0 Å². The molecule has 8 nitrogen and oxygen atoms in total. The number of nitrogens with zero attached hydrogens (tertiary/aromatic N) is 1. The van der Waals surface area contributed by atoms with Crippen LogP contribution in [0.2, 0.25) is 0 Å². The molecular weight excluding hydrogens is 360 g/mol. The van der Waals surface area contributed by atoms with E-state index in [-0.39, 0.29) is 24.1 Å². The van der Waals surface area contributed by atoms with Crippen LogP contribution in [-0.2, 0) is 9.59 Å². The number of hydrogen-bond acceptors (Lipinski definition) is 5. The molecule has 28 heavy (non-hydrogen) atoms. The average Bonchev–Trinajstić information content (AvgIpc) is 2.67. The molecule has 0 unspecified atom stereocenters. The highest BCUT2D eigenvalue weighted by atomic mass is 16.5. The van der Waals surface area contributed by atoms with Crippen LogP contribution in [0.1, 0.15) is 30.6 Å². The molecular formula is C20H22N4O4. The van der Waals surface area contributed by atoms with Gasteiger partial charge in [-0.05, 0) is 55.5 Å². The number of carbonyl (C=O) groups excluding carboxylic acids is 3. The van der Waals surface area contributed by atoms with E-state index in [0.29, 0.717) is 28.4 Å². The summed E-state index contributed by atoms with van der Waals surface area (Å²) >= 11 is 0. The second-order valence-electron chi connectivity index (χ2n) is 6.00. The summed E-state index contributed by atoms with van der Waals surface area (Å²) in [5.74, 6) is -0.165. The van der Waals surface area contributed by atoms with E-state index < -0.39 is 0 Å². The molecule has 2 aromatic rings. The molecule has 0 atom stereocenters. The van der Waals surface area contributed by atoms with E-state index in [1.807, 2.05) is 0 Å². The van der Waals surface area contributed by atoms with Crippen LogP contribution in [0, 0.1) is 0 Å². The van der Waals surface area contributed by atoms with Crippen molar-refractivity contribution in [1.29, 1.82) is 0 Å². The average molecular weight is 382 g/mol. The van der Waals surface area contributed by atoms with Gasteiger partial charge in [-0.1, -0.05) is 0 Å². The minimum absolute atomic E-state index is 0.0241. The van der Waals surface area contributed by atoms with Gasteiger partial charge in [0.2, 0.25) is 11.8 Å². The Morgan fingerprint density at radius 2 is 1.46 bits per heavy atom. The highest BCUT2D eigenvalue weighted by molar-refractivity contribution is 6.06. The highest BCUT2D eigenvalue weighted by Crippen LogP contribution is 2.14. The smallest absolute Gasteiger partial charge is 0.271 e. The molecule has 0 saturated heterocycles. The zero-order valence-electron chi connectivity index (χ0n) is 15.9. The van der Waals surface area contributed by atoms with Crippen LogP contribution < -0.4 is 20.8 Å². The van der Waals surface area contributed by atoms with Gasteiger partial charge in [-0.25, -0.2) is 5.43 Å². The van der Waals surface area contributed by atoms with E-state index >= 15 is 0 Å². The van der Waals surface area contributed by atoms with E-state index in [1.165, 1.54) is 6.92 Å². The fraction of sp³-hybridized carbons (Fsp3) is 0.200. The van der Waals surface area contributed by atoms with Gasteiger partial charge in [0.1, 0.15) is 5.75 Å². The molecule has 2 aromatic carbocycles. The molecule has 0 radical (unpaired) electrons. The van der Waals surface area contributed by atoms with E-state index in [0.717, 1.165) is 0 Å². The van der Waals surface area contributed by atoms with Crippen LogP contribution >= 0.6 is 0 Å². The number of anilines is 2. The predicted octanol–water partition coefficient (Wildman–Crippen LogP) is 2.79.